The Morgan fingerprint density at radius 3 is 2.70 bits per heavy atom. The molecule has 0 N–H and O–H groups in total. The first-order valence-corrected chi connectivity index (χ1v) is 9.76. The number of amides is 1. The van der Waals surface area contributed by atoms with Gasteiger partial charge in [0, 0.05) is 18.5 Å². The van der Waals surface area contributed by atoms with Crippen molar-refractivity contribution in [1.29, 1.82) is 0 Å². The van der Waals surface area contributed by atoms with Crippen LogP contribution in [-0.2, 0) is 0 Å². The van der Waals surface area contributed by atoms with E-state index < -0.39 is 0 Å². The Morgan fingerprint density at radius 2 is 1.87 bits per heavy atom. The normalized spacial score (nSPS) is 16.0. The van der Waals surface area contributed by atoms with Crippen molar-refractivity contribution in [3.8, 4) is 28.6 Å². The standard InChI is InChI=1S/C23H19N3O4/c27-23(20-11-6-14-28-20)26-13-12-17(15-26)29-19-10-5-4-9-18(19)22-24-21(25-30-22)16-7-2-1-3-8-16/h1-11,14,17H,12-13,15H2. The summed E-state index contributed by atoms with van der Waals surface area (Å²) in [6.07, 6.45) is 2.11. The molecular formula is C23H19N3O4. The molecule has 0 aliphatic carbocycles. The van der Waals surface area contributed by atoms with E-state index in [2.05, 4.69) is 10.1 Å². The van der Waals surface area contributed by atoms with Crippen molar-refractivity contribution in [2.75, 3.05) is 13.1 Å². The Hall–Kier alpha value is -3.87. The SMILES string of the molecule is O=C(c1ccco1)N1CCC(Oc2ccccc2-c2nc(-c3ccccc3)no2)C1. The molecule has 30 heavy (non-hydrogen) atoms. The number of ether oxygens (including phenoxy) is 1. The van der Waals surface area contributed by atoms with Crippen LogP contribution in [0.15, 0.2) is 81.9 Å². The highest BCUT2D eigenvalue weighted by molar-refractivity contribution is 5.91. The maximum atomic E-state index is 12.5. The average molecular weight is 401 g/mol. The van der Waals surface area contributed by atoms with Gasteiger partial charge in [-0.3, -0.25) is 4.79 Å². The van der Waals surface area contributed by atoms with Gasteiger partial charge in [0.2, 0.25) is 5.82 Å². The largest absolute Gasteiger partial charge is 0.488 e. The molecule has 3 heterocycles. The van der Waals surface area contributed by atoms with Gasteiger partial charge >= 0.3 is 0 Å². The van der Waals surface area contributed by atoms with E-state index in [0.717, 1.165) is 17.5 Å². The molecule has 2 aromatic heterocycles. The minimum atomic E-state index is -0.124. The highest BCUT2D eigenvalue weighted by atomic mass is 16.5. The van der Waals surface area contributed by atoms with E-state index in [4.69, 9.17) is 13.7 Å². The van der Waals surface area contributed by atoms with Crippen molar-refractivity contribution in [3.05, 3.63) is 78.8 Å². The fraction of sp³-hybridized carbons (Fsp3) is 0.174. The summed E-state index contributed by atoms with van der Waals surface area (Å²) in [5, 5.41) is 4.09. The monoisotopic (exact) mass is 401 g/mol. The predicted molar refractivity (Wildman–Crippen MR) is 109 cm³/mol. The van der Waals surface area contributed by atoms with E-state index in [9.17, 15) is 4.79 Å². The van der Waals surface area contributed by atoms with Crippen LogP contribution in [0, 0.1) is 0 Å². The summed E-state index contributed by atoms with van der Waals surface area (Å²) in [7, 11) is 0. The van der Waals surface area contributed by atoms with Crippen molar-refractivity contribution in [2.24, 2.45) is 0 Å². The summed E-state index contributed by atoms with van der Waals surface area (Å²) in [5.41, 5.74) is 1.61. The van der Waals surface area contributed by atoms with Crippen LogP contribution in [0.3, 0.4) is 0 Å². The third kappa shape index (κ3) is 3.57. The van der Waals surface area contributed by atoms with Gasteiger partial charge in [0.15, 0.2) is 5.76 Å². The lowest BCUT2D eigenvalue weighted by Crippen LogP contribution is -2.30. The smallest absolute Gasteiger partial charge is 0.289 e. The zero-order valence-corrected chi connectivity index (χ0v) is 16.1. The van der Waals surface area contributed by atoms with Crippen LogP contribution in [0.25, 0.3) is 22.8 Å². The number of carbonyl (C=O) groups excluding carboxylic acids is 1. The number of furan rings is 1. The summed E-state index contributed by atoms with van der Waals surface area (Å²) in [5.74, 6) is 1.79. The molecule has 7 heteroatoms. The zero-order chi connectivity index (χ0) is 20.3. The molecule has 4 aromatic rings. The molecule has 1 unspecified atom stereocenters. The molecule has 1 aliphatic heterocycles. The number of carbonyl (C=O) groups is 1. The maximum Gasteiger partial charge on any atom is 0.289 e. The van der Waals surface area contributed by atoms with E-state index in [0.29, 0.717) is 36.3 Å². The van der Waals surface area contributed by atoms with Gasteiger partial charge in [0.1, 0.15) is 11.9 Å². The average Bonchev–Trinajstić information content (AvgIpc) is 3.56. The van der Waals surface area contributed by atoms with Crippen LogP contribution in [0.5, 0.6) is 5.75 Å². The Labute approximate surface area is 172 Å². The quantitative estimate of drug-likeness (QED) is 0.496. The Balaban J connectivity index is 1.33. The van der Waals surface area contributed by atoms with Crippen molar-refractivity contribution in [2.45, 2.75) is 12.5 Å². The number of para-hydroxylation sites is 1. The molecule has 0 bridgehead atoms. The second kappa shape index (κ2) is 7.87. The first-order chi connectivity index (χ1) is 14.8. The third-order valence-corrected chi connectivity index (χ3v) is 5.03. The topological polar surface area (TPSA) is 81.6 Å². The van der Waals surface area contributed by atoms with E-state index in [1.165, 1.54) is 6.26 Å². The van der Waals surface area contributed by atoms with Crippen molar-refractivity contribution in [1.82, 2.24) is 15.0 Å². The fourth-order valence-electron chi connectivity index (χ4n) is 3.53. The van der Waals surface area contributed by atoms with Crippen LogP contribution >= 0.6 is 0 Å². The van der Waals surface area contributed by atoms with Crippen molar-refractivity contribution in [3.63, 3.8) is 0 Å². The zero-order valence-electron chi connectivity index (χ0n) is 16.1. The van der Waals surface area contributed by atoms with E-state index in [1.54, 1.807) is 17.0 Å². The van der Waals surface area contributed by atoms with E-state index in [1.807, 2.05) is 54.6 Å². The molecular weight excluding hydrogens is 382 g/mol. The molecule has 0 saturated carbocycles. The summed E-state index contributed by atoms with van der Waals surface area (Å²) >= 11 is 0. The van der Waals surface area contributed by atoms with Crippen LogP contribution in [0.1, 0.15) is 17.0 Å². The second-order valence-electron chi connectivity index (χ2n) is 7.04. The van der Waals surface area contributed by atoms with Crippen LogP contribution in [0.2, 0.25) is 0 Å². The summed E-state index contributed by atoms with van der Waals surface area (Å²) in [6, 6.07) is 20.6. The molecule has 5 rings (SSSR count). The predicted octanol–water partition coefficient (Wildman–Crippen LogP) is 4.29. The molecule has 0 radical (unpaired) electrons. The number of hydrogen-bond donors (Lipinski definition) is 0. The highest BCUT2D eigenvalue weighted by Gasteiger charge is 2.30. The molecule has 1 amide bonds. The van der Waals surface area contributed by atoms with E-state index >= 15 is 0 Å². The molecule has 1 aliphatic rings. The third-order valence-electron chi connectivity index (χ3n) is 5.03. The number of aromatic nitrogens is 2. The number of rotatable bonds is 5. The lowest BCUT2D eigenvalue weighted by atomic mass is 10.2. The van der Waals surface area contributed by atoms with Gasteiger partial charge in [-0.2, -0.15) is 4.98 Å². The van der Waals surface area contributed by atoms with Gasteiger partial charge in [-0.05, 0) is 24.3 Å². The fourth-order valence-corrected chi connectivity index (χ4v) is 3.53. The summed E-state index contributed by atoms with van der Waals surface area (Å²) < 4.78 is 16.9. The second-order valence-corrected chi connectivity index (χ2v) is 7.04. The molecule has 1 atom stereocenters. The van der Waals surface area contributed by atoms with Gasteiger partial charge in [-0.25, -0.2) is 0 Å². The van der Waals surface area contributed by atoms with E-state index in [-0.39, 0.29) is 12.0 Å². The van der Waals surface area contributed by atoms with Gasteiger partial charge in [0.05, 0.1) is 18.4 Å². The van der Waals surface area contributed by atoms with Crippen molar-refractivity contribution < 1.29 is 18.5 Å². The molecule has 2 aromatic carbocycles. The minimum absolute atomic E-state index is 0.121. The van der Waals surface area contributed by atoms with Gasteiger partial charge in [-0.15, -0.1) is 0 Å². The molecule has 0 spiro atoms. The number of nitrogens with zero attached hydrogens (tertiary/aromatic N) is 3. The number of benzene rings is 2. The first kappa shape index (κ1) is 18.2. The summed E-state index contributed by atoms with van der Waals surface area (Å²) in [6.45, 7) is 1.11. The highest BCUT2D eigenvalue weighted by Crippen LogP contribution is 2.32. The summed E-state index contributed by atoms with van der Waals surface area (Å²) in [4.78, 5) is 18.7. The minimum Gasteiger partial charge on any atom is -0.488 e. The van der Waals surface area contributed by atoms with Gasteiger partial charge in [-0.1, -0.05) is 47.6 Å². The van der Waals surface area contributed by atoms with Crippen LogP contribution in [0.4, 0.5) is 0 Å². The molecule has 150 valence electrons. The number of hydrogen-bond acceptors (Lipinski definition) is 6. The number of likely N-dealkylation sites (tertiary alicyclic amines) is 1. The molecule has 1 fully saturated rings. The Bertz CT molecular complexity index is 1140. The Kier molecular flexibility index (Phi) is 4.77. The molecule has 7 nitrogen and oxygen atoms in total. The van der Waals surface area contributed by atoms with Crippen LogP contribution < -0.4 is 4.74 Å². The maximum absolute atomic E-state index is 12.5. The van der Waals surface area contributed by atoms with Gasteiger partial charge < -0.3 is 18.6 Å². The van der Waals surface area contributed by atoms with Crippen LogP contribution in [-0.4, -0.2) is 40.1 Å². The van der Waals surface area contributed by atoms with Crippen molar-refractivity contribution >= 4 is 5.91 Å². The molecule has 1 saturated heterocycles. The first-order valence-electron chi connectivity index (χ1n) is 9.76. The Morgan fingerprint density at radius 1 is 1.03 bits per heavy atom. The van der Waals surface area contributed by atoms with Gasteiger partial charge in [0.25, 0.3) is 11.8 Å². The lowest BCUT2D eigenvalue weighted by Gasteiger charge is -2.17. The lowest BCUT2D eigenvalue weighted by molar-refractivity contribution is 0.0741.